The fourth-order valence-electron chi connectivity index (χ4n) is 4.33. The molecule has 2 atom stereocenters. The predicted octanol–water partition coefficient (Wildman–Crippen LogP) is 5.63. The van der Waals surface area contributed by atoms with Crippen molar-refractivity contribution in [2.45, 2.75) is 98.4 Å². The highest BCUT2D eigenvalue weighted by Gasteiger charge is 2.38. The highest BCUT2D eigenvalue weighted by atomic mass is 16.6. The second-order valence-corrected chi connectivity index (χ2v) is 11.1. The Labute approximate surface area is 228 Å². The highest BCUT2D eigenvalue weighted by Crippen LogP contribution is 2.29. The molecule has 0 saturated carbocycles. The number of nitrogens with zero attached hydrogens (tertiary/aromatic N) is 1. The van der Waals surface area contributed by atoms with Crippen LogP contribution in [0.2, 0.25) is 0 Å². The summed E-state index contributed by atoms with van der Waals surface area (Å²) in [6.45, 7) is 15.7. The molecular weight excluding hydrogens is 478 g/mol. The standard InChI is InChI=1S/C31H45N3O4/c1-9-10-19-32-28(35)27(25-18-14-15-22(4)23(25)5)34(21(2)3)29(36)26(20-24-16-12-11-13-17-24)33-30(37)38-31(6,7)8/h11-18,21,26-27H,9-10,19-20H2,1-8H3,(H,32,35)(H,33,37). The number of hydrogen-bond donors (Lipinski definition) is 2. The third-order valence-electron chi connectivity index (χ3n) is 6.38. The van der Waals surface area contributed by atoms with Gasteiger partial charge in [0.25, 0.3) is 0 Å². The summed E-state index contributed by atoms with van der Waals surface area (Å²) < 4.78 is 5.49. The third kappa shape index (κ3) is 8.89. The van der Waals surface area contributed by atoms with Gasteiger partial charge in [-0.2, -0.15) is 0 Å². The van der Waals surface area contributed by atoms with Crippen molar-refractivity contribution >= 4 is 17.9 Å². The van der Waals surface area contributed by atoms with Crippen LogP contribution in [0, 0.1) is 13.8 Å². The first-order valence-electron chi connectivity index (χ1n) is 13.5. The van der Waals surface area contributed by atoms with Crippen molar-refractivity contribution in [3.8, 4) is 0 Å². The Bertz CT molecular complexity index is 1080. The molecule has 208 valence electrons. The molecule has 0 aliphatic carbocycles. The van der Waals surface area contributed by atoms with E-state index in [4.69, 9.17) is 4.74 Å². The molecule has 0 bridgehead atoms. The number of nitrogens with one attached hydrogen (secondary N) is 2. The van der Waals surface area contributed by atoms with Crippen LogP contribution in [-0.4, -0.2) is 47.0 Å². The van der Waals surface area contributed by atoms with Gasteiger partial charge in [-0.3, -0.25) is 9.59 Å². The van der Waals surface area contributed by atoms with Crippen LogP contribution in [0.25, 0.3) is 0 Å². The number of aryl methyl sites for hydroxylation is 1. The van der Waals surface area contributed by atoms with Crippen LogP contribution >= 0.6 is 0 Å². The number of ether oxygens (including phenoxy) is 1. The molecule has 2 rings (SSSR count). The zero-order chi connectivity index (χ0) is 28.5. The molecule has 0 fully saturated rings. The third-order valence-corrected chi connectivity index (χ3v) is 6.38. The predicted molar refractivity (Wildman–Crippen MR) is 152 cm³/mol. The second kappa shape index (κ2) is 14.0. The number of hydrogen-bond acceptors (Lipinski definition) is 4. The van der Waals surface area contributed by atoms with Gasteiger partial charge in [-0.15, -0.1) is 0 Å². The van der Waals surface area contributed by atoms with Crippen LogP contribution < -0.4 is 10.6 Å². The smallest absolute Gasteiger partial charge is 0.408 e. The first-order valence-corrected chi connectivity index (χ1v) is 13.5. The number of carbonyl (C=O) groups is 3. The summed E-state index contributed by atoms with van der Waals surface area (Å²) in [5, 5.41) is 5.83. The monoisotopic (exact) mass is 523 g/mol. The molecule has 7 nitrogen and oxygen atoms in total. The molecule has 2 aromatic rings. The maximum Gasteiger partial charge on any atom is 0.408 e. The van der Waals surface area contributed by atoms with Crippen LogP contribution in [0.3, 0.4) is 0 Å². The van der Waals surface area contributed by atoms with E-state index in [0.717, 1.165) is 35.1 Å². The van der Waals surface area contributed by atoms with Crippen LogP contribution in [0.5, 0.6) is 0 Å². The van der Waals surface area contributed by atoms with Gasteiger partial charge in [-0.25, -0.2) is 4.79 Å². The van der Waals surface area contributed by atoms with Crippen LogP contribution in [0.1, 0.15) is 82.7 Å². The molecular formula is C31H45N3O4. The quantitative estimate of drug-likeness (QED) is 0.374. The van der Waals surface area contributed by atoms with Gasteiger partial charge >= 0.3 is 6.09 Å². The molecule has 0 heterocycles. The molecule has 0 aromatic heterocycles. The van der Waals surface area contributed by atoms with Crippen molar-refractivity contribution in [3.63, 3.8) is 0 Å². The summed E-state index contributed by atoms with van der Waals surface area (Å²) in [4.78, 5) is 42.4. The molecule has 38 heavy (non-hydrogen) atoms. The minimum atomic E-state index is -0.925. The van der Waals surface area contributed by atoms with Gasteiger partial charge < -0.3 is 20.3 Å². The summed E-state index contributed by atoms with van der Waals surface area (Å²) in [5.74, 6) is -0.573. The van der Waals surface area contributed by atoms with E-state index in [-0.39, 0.29) is 24.3 Å². The van der Waals surface area contributed by atoms with Gasteiger partial charge in [0.1, 0.15) is 17.7 Å². The summed E-state index contributed by atoms with van der Waals surface area (Å²) in [6.07, 6.45) is 1.38. The van der Waals surface area contributed by atoms with Gasteiger partial charge in [-0.05, 0) is 77.1 Å². The number of benzene rings is 2. The van der Waals surface area contributed by atoms with E-state index in [2.05, 4.69) is 17.6 Å². The molecule has 0 aliphatic heterocycles. The lowest BCUT2D eigenvalue weighted by Gasteiger charge is -2.38. The fraction of sp³-hybridized carbons (Fsp3) is 0.516. The zero-order valence-corrected chi connectivity index (χ0v) is 24.3. The highest BCUT2D eigenvalue weighted by molar-refractivity contribution is 5.92. The maximum absolute atomic E-state index is 14.3. The summed E-state index contributed by atoms with van der Waals surface area (Å²) >= 11 is 0. The summed E-state index contributed by atoms with van der Waals surface area (Å²) in [7, 11) is 0. The van der Waals surface area contributed by atoms with E-state index in [1.165, 1.54) is 0 Å². The molecule has 0 aliphatic rings. The molecule has 2 N–H and O–H groups in total. The molecule has 2 aromatic carbocycles. The number of rotatable bonds is 11. The van der Waals surface area contributed by atoms with Gasteiger partial charge in [-0.1, -0.05) is 61.9 Å². The lowest BCUT2D eigenvalue weighted by atomic mass is 9.93. The molecule has 3 amide bonds. The number of alkyl carbamates (subject to hydrolysis) is 1. The Morgan fingerprint density at radius 3 is 2.21 bits per heavy atom. The van der Waals surface area contributed by atoms with E-state index in [1.807, 2.05) is 76.2 Å². The van der Waals surface area contributed by atoms with Crippen LogP contribution in [0.4, 0.5) is 4.79 Å². The average Bonchev–Trinajstić information content (AvgIpc) is 2.83. The lowest BCUT2D eigenvalue weighted by Crippen LogP contribution is -2.55. The molecule has 2 unspecified atom stereocenters. The SMILES string of the molecule is CCCCNC(=O)C(c1cccc(C)c1C)N(C(=O)C(Cc1ccccc1)NC(=O)OC(C)(C)C)C(C)C. The Morgan fingerprint density at radius 2 is 1.63 bits per heavy atom. The fourth-order valence-corrected chi connectivity index (χ4v) is 4.33. The van der Waals surface area contributed by atoms with E-state index in [1.54, 1.807) is 25.7 Å². The first kappa shape index (κ1) is 30.9. The van der Waals surface area contributed by atoms with Crippen molar-refractivity contribution in [2.75, 3.05) is 6.54 Å². The number of unbranched alkanes of at least 4 members (excludes halogenated alkanes) is 1. The summed E-state index contributed by atoms with van der Waals surface area (Å²) in [5.41, 5.74) is 2.94. The first-order chi connectivity index (χ1) is 17.9. The normalized spacial score (nSPS) is 13.0. The van der Waals surface area contributed by atoms with E-state index < -0.39 is 23.8 Å². The van der Waals surface area contributed by atoms with Gasteiger partial charge in [0.2, 0.25) is 11.8 Å². The largest absolute Gasteiger partial charge is 0.444 e. The van der Waals surface area contributed by atoms with Crippen molar-refractivity contribution < 1.29 is 19.1 Å². The second-order valence-electron chi connectivity index (χ2n) is 11.1. The van der Waals surface area contributed by atoms with Crippen molar-refractivity contribution in [1.82, 2.24) is 15.5 Å². The number of carbonyl (C=O) groups excluding carboxylic acids is 3. The minimum absolute atomic E-state index is 0.232. The van der Waals surface area contributed by atoms with Crippen molar-refractivity contribution in [1.29, 1.82) is 0 Å². The minimum Gasteiger partial charge on any atom is -0.444 e. The van der Waals surface area contributed by atoms with Crippen LogP contribution in [0.15, 0.2) is 48.5 Å². The molecule has 0 radical (unpaired) electrons. The van der Waals surface area contributed by atoms with E-state index in [0.29, 0.717) is 6.54 Å². The topological polar surface area (TPSA) is 87.7 Å². The van der Waals surface area contributed by atoms with Gasteiger partial charge in [0, 0.05) is 19.0 Å². The average molecular weight is 524 g/mol. The number of amides is 3. The zero-order valence-electron chi connectivity index (χ0n) is 24.3. The van der Waals surface area contributed by atoms with Gasteiger partial charge in [0.05, 0.1) is 0 Å². The van der Waals surface area contributed by atoms with Crippen molar-refractivity contribution in [2.24, 2.45) is 0 Å². The van der Waals surface area contributed by atoms with E-state index in [9.17, 15) is 14.4 Å². The lowest BCUT2D eigenvalue weighted by molar-refractivity contribution is -0.144. The molecule has 0 spiro atoms. The summed E-state index contributed by atoms with van der Waals surface area (Å²) in [6, 6.07) is 13.2. The Balaban J connectivity index is 2.55. The Hall–Kier alpha value is -3.35. The van der Waals surface area contributed by atoms with Gasteiger partial charge in [0.15, 0.2) is 0 Å². The van der Waals surface area contributed by atoms with Crippen LogP contribution in [-0.2, 0) is 20.7 Å². The molecule has 7 heteroatoms. The van der Waals surface area contributed by atoms with Crippen molar-refractivity contribution in [3.05, 3.63) is 70.8 Å². The van der Waals surface area contributed by atoms with E-state index >= 15 is 0 Å². The molecule has 0 saturated heterocycles. The Kier molecular flexibility index (Phi) is 11.4. The Morgan fingerprint density at radius 1 is 0.974 bits per heavy atom. The maximum atomic E-state index is 14.3.